The number of imidazole rings is 1. The minimum atomic E-state index is -0.388. The normalized spacial score (nSPS) is 11.7. The first-order valence-electron chi connectivity index (χ1n) is 8.75. The summed E-state index contributed by atoms with van der Waals surface area (Å²) in [4.78, 5) is 4.30. The Morgan fingerprint density at radius 2 is 2.11 bits per heavy atom. The van der Waals surface area contributed by atoms with E-state index in [0.29, 0.717) is 18.1 Å². The van der Waals surface area contributed by atoms with Gasteiger partial charge < -0.3 is 24.7 Å². The summed E-state index contributed by atoms with van der Waals surface area (Å²) in [5.41, 5.74) is 7.23. The van der Waals surface area contributed by atoms with E-state index in [1.807, 2.05) is 41.1 Å². The van der Waals surface area contributed by atoms with Crippen LogP contribution in [-0.2, 0) is 13.0 Å². The molecule has 2 aromatic heterocycles. The minimum Gasteiger partial charge on any atom is -0.492 e. The Bertz CT molecular complexity index is 919. The smallest absolute Gasteiger partial charge is 0.210 e. The molecule has 0 spiro atoms. The van der Waals surface area contributed by atoms with Gasteiger partial charge in [0.25, 0.3) is 0 Å². The molecule has 0 amide bonds. The van der Waals surface area contributed by atoms with Crippen LogP contribution < -0.4 is 10.5 Å². The second kappa shape index (κ2) is 9.03. The Morgan fingerprint density at radius 3 is 2.85 bits per heavy atom. The quantitative estimate of drug-likeness (QED) is 0.616. The van der Waals surface area contributed by atoms with Crippen LogP contribution in [0.15, 0.2) is 47.2 Å². The summed E-state index contributed by atoms with van der Waals surface area (Å²) in [6.07, 6.45) is 4.57. The van der Waals surface area contributed by atoms with E-state index < -0.39 is 0 Å². The Kier molecular flexibility index (Phi) is 6.26. The lowest BCUT2D eigenvalue weighted by molar-refractivity contribution is 0.206. The van der Waals surface area contributed by atoms with Gasteiger partial charge in [0.2, 0.25) is 5.76 Å². The molecule has 0 saturated carbocycles. The largest absolute Gasteiger partial charge is 0.492 e. The number of benzene rings is 1. The molecule has 0 aliphatic rings. The second-order valence-corrected chi connectivity index (χ2v) is 6.04. The molecular weight excluding hydrogens is 344 g/mol. The van der Waals surface area contributed by atoms with Gasteiger partial charge in [-0.25, -0.2) is 4.98 Å². The Labute approximate surface area is 157 Å². The summed E-state index contributed by atoms with van der Waals surface area (Å²) in [7, 11) is 0. The van der Waals surface area contributed by atoms with Crippen molar-refractivity contribution in [2.24, 2.45) is 5.73 Å². The topological polar surface area (TPSA) is 99.3 Å². The van der Waals surface area contributed by atoms with Crippen molar-refractivity contribution in [3.8, 4) is 17.6 Å². The molecule has 7 nitrogen and oxygen atoms in total. The lowest BCUT2D eigenvalue weighted by Crippen LogP contribution is -2.31. The fourth-order valence-electron chi connectivity index (χ4n) is 2.44. The molecule has 0 saturated heterocycles. The highest BCUT2D eigenvalue weighted by molar-refractivity contribution is 5.41. The van der Waals surface area contributed by atoms with Crippen molar-refractivity contribution >= 4 is 0 Å². The van der Waals surface area contributed by atoms with Crippen LogP contribution in [0.4, 0.5) is 0 Å². The molecule has 3 N–H and O–H groups in total. The van der Waals surface area contributed by atoms with E-state index in [0.717, 1.165) is 23.5 Å². The molecule has 140 valence electrons. The maximum atomic E-state index is 8.89. The highest BCUT2D eigenvalue weighted by Gasteiger charge is 2.06. The molecule has 0 radical (unpaired) electrons. The van der Waals surface area contributed by atoms with E-state index >= 15 is 0 Å². The van der Waals surface area contributed by atoms with Gasteiger partial charge in [0.1, 0.15) is 23.9 Å². The Morgan fingerprint density at radius 1 is 1.30 bits per heavy atom. The summed E-state index contributed by atoms with van der Waals surface area (Å²) >= 11 is 0. The first kappa shape index (κ1) is 18.7. The van der Waals surface area contributed by atoms with Crippen molar-refractivity contribution in [2.45, 2.75) is 25.9 Å². The molecule has 0 bridgehead atoms. The molecule has 1 aromatic carbocycles. The predicted molar refractivity (Wildman–Crippen MR) is 100 cm³/mol. The van der Waals surface area contributed by atoms with Gasteiger partial charge in [-0.1, -0.05) is 18.0 Å². The number of ether oxygens (including phenoxy) is 1. The highest BCUT2D eigenvalue weighted by Crippen LogP contribution is 2.12. The van der Waals surface area contributed by atoms with Gasteiger partial charge in [-0.2, -0.15) is 0 Å². The second-order valence-electron chi connectivity index (χ2n) is 6.04. The number of hydrogen-bond acceptors (Lipinski definition) is 6. The molecule has 1 unspecified atom stereocenters. The van der Waals surface area contributed by atoms with E-state index in [2.05, 4.69) is 28.9 Å². The average molecular weight is 366 g/mol. The monoisotopic (exact) mass is 366 g/mol. The molecule has 3 rings (SSSR count). The summed E-state index contributed by atoms with van der Waals surface area (Å²) in [5, 5.41) is 13.0. The molecule has 0 fully saturated rings. The number of nitrogens with two attached hydrogens (primary N) is 1. The number of aryl methyl sites for hydroxylation is 1. The zero-order chi connectivity index (χ0) is 19.1. The molecule has 7 heteroatoms. The first-order valence-corrected chi connectivity index (χ1v) is 8.75. The van der Waals surface area contributed by atoms with Gasteiger partial charge >= 0.3 is 0 Å². The maximum Gasteiger partial charge on any atom is 0.210 e. The highest BCUT2D eigenvalue weighted by atomic mass is 16.5. The average Bonchev–Trinajstić information content (AvgIpc) is 3.34. The lowest BCUT2D eigenvalue weighted by atomic mass is 10.2. The third-order valence-corrected chi connectivity index (χ3v) is 3.89. The summed E-state index contributed by atoms with van der Waals surface area (Å²) in [6.45, 7) is 2.83. The predicted octanol–water partition coefficient (Wildman–Crippen LogP) is 1.58. The summed E-state index contributed by atoms with van der Waals surface area (Å²) in [5.74, 6) is 8.20. The third kappa shape index (κ3) is 5.20. The zero-order valence-corrected chi connectivity index (χ0v) is 15.1. The van der Waals surface area contributed by atoms with Crippen molar-refractivity contribution in [3.63, 3.8) is 0 Å². The van der Waals surface area contributed by atoms with Crippen LogP contribution in [0.1, 0.15) is 29.8 Å². The third-order valence-electron chi connectivity index (χ3n) is 3.89. The van der Waals surface area contributed by atoms with Gasteiger partial charge in [-0.05, 0) is 30.2 Å². The van der Waals surface area contributed by atoms with Crippen molar-refractivity contribution in [3.05, 3.63) is 65.6 Å². The van der Waals surface area contributed by atoms with E-state index in [9.17, 15) is 0 Å². The van der Waals surface area contributed by atoms with Crippen LogP contribution in [-0.4, -0.2) is 39.1 Å². The van der Waals surface area contributed by atoms with Crippen LogP contribution in [0, 0.1) is 11.8 Å². The minimum absolute atomic E-state index is 0.108. The van der Waals surface area contributed by atoms with Crippen LogP contribution in [0.25, 0.3) is 0 Å². The van der Waals surface area contributed by atoms with Crippen LogP contribution in [0.3, 0.4) is 0 Å². The first-order chi connectivity index (χ1) is 13.2. The van der Waals surface area contributed by atoms with E-state index in [-0.39, 0.29) is 19.3 Å². The number of aromatic nitrogens is 3. The van der Waals surface area contributed by atoms with E-state index in [1.165, 1.54) is 0 Å². The molecule has 3 aromatic rings. The Balaban J connectivity index is 1.60. The fourth-order valence-corrected chi connectivity index (χ4v) is 2.44. The lowest BCUT2D eigenvalue weighted by Gasteiger charge is -2.10. The molecule has 2 heterocycles. The van der Waals surface area contributed by atoms with E-state index in [1.54, 1.807) is 6.20 Å². The summed E-state index contributed by atoms with van der Waals surface area (Å²) in [6, 6.07) is 8.77. The maximum absolute atomic E-state index is 8.89. The van der Waals surface area contributed by atoms with Gasteiger partial charge in [-0.3, -0.25) is 0 Å². The summed E-state index contributed by atoms with van der Waals surface area (Å²) < 4.78 is 12.8. The number of hydrogen-bond donors (Lipinski definition) is 2. The van der Waals surface area contributed by atoms with E-state index in [4.69, 9.17) is 20.1 Å². The van der Waals surface area contributed by atoms with Crippen LogP contribution in [0.2, 0.25) is 0 Å². The van der Waals surface area contributed by atoms with Crippen molar-refractivity contribution in [1.29, 1.82) is 0 Å². The van der Waals surface area contributed by atoms with Crippen LogP contribution >= 0.6 is 0 Å². The van der Waals surface area contributed by atoms with Crippen LogP contribution in [0.5, 0.6) is 5.75 Å². The zero-order valence-electron chi connectivity index (χ0n) is 15.1. The van der Waals surface area contributed by atoms with Crippen molar-refractivity contribution in [2.75, 3.05) is 13.2 Å². The number of aliphatic hydroxyl groups is 1. The Hall–Kier alpha value is -3.08. The SMILES string of the molecule is CCc1nccn1Cc1cc(C#Cc2ccc(OCC(N)CO)cc2)on1. The number of aliphatic hydroxyl groups excluding tert-OH is 1. The molecule has 0 aliphatic heterocycles. The molecular formula is C20H22N4O3. The molecule has 1 atom stereocenters. The number of rotatable bonds is 7. The van der Waals surface area contributed by atoms with Gasteiger partial charge in [0, 0.05) is 30.4 Å². The van der Waals surface area contributed by atoms with Gasteiger partial charge in [0.15, 0.2) is 0 Å². The molecule has 0 aliphatic carbocycles. The van der Waals surface area contributed by atoms with Gasteiger partial charge in [-0.15, -0.1) is 0 Å². The van der Waals surface area contributed by atoms with Gasteiger partial charge in [0.05, 0.1) is 19.2 Å². The van der Waals surface area contributed by atoms with Crippen molar-refractivity contribution < 1.29 is 14.4 Å². The standard InChI is InChI=1S/C20H22N4O3/c1-2-20-22-9-10-24(20)12-17-11-19(27-23-17)8-5-15-3-6-18(7-4-15)26-14-16(21)13-25/h3-4,6-7,9-11,16,25H,2,12-14,21H2,1H3. The molecule has 27 heavy (non-hydrogen) atoms. The van der Waals surface area contributed by atoms with Crippen molar-refractivity contribution in [1.82, 2.24) is 14.7 Å². The fraction of sp³-hybridized carbons (Fsp3) is 0.300. The number of nitrogens with zero attached hydrogens (tertiary/aromatic N) is 3.